The number of aromatic amines is 1. The Morgan fingerprint density at radius 2 is 2.11 bits per heavy atom. The van der Waals surface area contributed by atoms with Gasteiger partial charge in [0.25, 0.3) is 0 Å². The van der Waals surface area contributed by atoms with Crippen LogP contribution in [0.25, 0.3) is 6.08 Å². The Hall–Kier alpha value is -1.78. The Kier molecular flexibility index (Phi) is 4.60. The number of hydrogen-bond donors (Lipinski definition) is 2. The fraction of sp³-hybridized carbons (Fsp3) is 0.0769. The number of amides is 1. The van der Waals surface area contributed by atoms with Gasteiger partial charge in [0.15, 0.2) is 0 Å². The van der Waals surface area contributed by atoms with Gasteiger partial charge in [0.05, 0.1) is 6.54 Å². The molecule has 4 nitrogen and oxygen atoms in total. The van der Waals surface area contributed by atoms with Crippen molar-refractivity contribution in [3.05, 3.63) is 58.1 Å². The van der Waals surface area contributed by atoms with Crippen molar-refractivity contribution in [2.24, 2.45) is 0 Å². The molecule has 98 valence electrons. The fourth-order valence-electron chi connectivity index (χ4n) is 1.45. The van der Waals surface area contributed by atoms with Gasteiger partial charge in [-0.05, 0) is 18.2 Å². The highest BCUT2D eigenvalue weighted by molar-refractivity contribution is 6.37. The maximum Gasteiger partial charge on any atom is 0.244 e. The second-order valence-electron chi connectivity index (χ2n) is 3.72. The number of benzene rings is 1. The van der Waals surface area contributed by atoms with Crippen LogP contribution in [-0.4, -0.2) is 15.9 Å². The number of rotatable bonds is 4. The largest absolute Gasteiger partial charge is 0.347 e. The predicted octanol–water partition coefficient (Wildman–Crippen LogP) is 3.05. The highest BCUT2D eigenvalue weighted by Gasteiger charge is 2.03. The molecule has 0 aliphatic rings. The summed E-state index contributed by atoms with van der Waals surface area (Å²) >= 11 is 12.0. The fourth-order valence-corrected chi connectivity index (χ4v) is 1.98. The van der Waals surface area contributed by atoms with E-state index < -0.39 is 0 Å². The average molecular weight is 296 g/mol. The third-order valence-corrected chi connectivity index (χ3v) is 3.05. The molecule has 1 aromatic heterocycles. The van der Waals surface area contributed by atoms with Crippen molar-refractivity contribution >= 4 is 35.2 Å². The molecular weight excluding hydrogens is 285 g/mol. The first-order valence-corrected chi connectivity index (χ1v) is 6.30. The Labute approximate surface area is 120 Å². The maximum atomic E-state index is 11.6. The van der Waals surface area contributed by atoms with Gasteiger partial charge < -0.3 is 10.3 Å². The molecule has 0 spiro atoms. The van der Waals surface area contributed by atoms with Gasteiger partial charge >= 0.3 is 0 Å². The SMILES string of the molecule is O=C(C=Cc1c(Cl)cccc1Cl)NCc1ncc[nH]1. The lowest BCUT2D eigenvalue weighted by Gasteiger charge is -2.01. The zero-order valence-corrected chi connectivity index (χ0v) is 11.4. The van der Waals surface area contributed by atoms with Crippen LogP contribution < -0.4 is 5.32 Å². The van der Waals surface area contributed by atoms with E-state index in [-0.39, 0.29) is 5.91 Å². The average Bonchev–Trinajstić information content (AvgIpc) is 2.89. The number of nitrogens with zero attached hydrogens (tertiary/aromatic N) is 1. The topological polar surface area (TPSA) is 57.8 Å². The standard InChI is InChI=1S/C13H11Cl2N3O/c14-10-2-1-3-11(15)9(10)4-5-13(19)18-8-12-16-6-7-17-12/h1-7H,8H2,(H,16,17)(H,18,19). The zero-order valence-electron chi connectivity index (χ0n) is 9.86. The molecule has 0 aliphatic heterocycles. The lowest BCUT2D eigenvalue weighted by Crippen LogP contribution is -2.20. The second-order valence-corrected chi connectivity index (χ2v) is 4.54. The highest BCUT2D eigenvalue weighted by atomic mass is 35.5. The van der Waals surface area contributed by atoms with Crippen molar-refractivity contribution in [2.45, 2.75) is 6.54 Å². The predicted molar refractivity (Wildman–Crippen MR) is 75.9 cm³/mol. The molecule has 1 aromatic carbocycles. The van der Waals surface area contributed by atoms with Crippen LogP contribution in [0.3, 0.4) is 0 Å². The molecule has 0 saturated carbocycles. The first kappa shape index (κ1) is 13.6. The molecule has 1 heterocycles. The van der Waals surface area contributed by atoms with Crippen LogP contribution in [0.1, 0.15) is 11.4 Å². The molecule has 19 heavy (non-hydrogen) atoms. The van der Waals surface area contributed by atoms with E-state index in [1.807, 2.05) is 0 Å². The van der Waals surface area contributed by atoms with Crippen LogP contribution in [-0.2, 0) is 11.3 Å². The summed E-state index contributed by atoms with van der Waals surface area (Å²) in [4.78, 5) is 18.5. The highest BCUT2D eigenvalue weighted by Crippen LogP contribution is 2.25. The summed E-state index contributed by atoms with van der Waals surface area (Å²) in [6.45, 7) is 0.340. The molecule has 0 bridgehead atoms. The van der Waals surface area contributed by atoms with Crippen molar-refractivity contribution in [3.8, 4) is 0 Å². The van der Waals surface area contributed by atoms with Crippen molar-refractivity contribution < 1.29 is 4.79 Å². The molecule has 2 rings (SSSR count). The first-order valence-electron chi connectivity index (χ1n) is 5.55. The summed E-state index contributed by atoms with van der Waals surface area (Å²) in [7, 11) is 0. The van der Waals surface area contributed by atoms with Crippen molar-refractivity contribution in [3.63, 3.8) is 0 Å². The monoisotopic (exact) mass is 295 g/mol. The van der Waals surface area contributed by atoms with Crippen LogP contribution in [0.2, 0.25) is 10.0 Å². The Balaban J connectivity index is 1.96. The Bertz CT molecular complexity index is 574. The van der Waals surface area contributed by atoms with E-state index >= 15 is 0 Å². The van der Waals surface area contributed by atoms with Gasteiger partial charge in [0.2, 0.25) is 5.91 Å². The molecule has 0 radical (unpaired) electrons. The minimum absolute atomic E-state index is 0.243. The minimum atomic E-state index is -0.243. The summed E-state index contributed by atoms with van der Waals surface area (Å²) in [5, 5.41) is 3.69. The van der Waals surface area contributed by atoms with Gasteiger partial charge in [-0.1, -0.05) is 29.3 Å². The number of hydrogen-bond acceptors (Lipinski definition) is 2. The van der Waals surface area contributed by atoms with E-state index in [0.717, 1.165) is 0 Å². The number of nitrogens with one attached hydrogen (secondary N) is 2. The van der Waals surface area contributed by atoms with Gasteiger partial charge in [-0.2, -0.15) is 0 Å². The molecule has 0 fully saturated rings. The van der Waals surface area contributed by atoms with Gasteiger partial charge in [0.1, 0.15) is 5.82 Å². The van der Waals surface area contributed by atoms with E-state index in [1.54, 1.807) is 36.7 Å². The quantitative estimate of drug-likeness (QED) is 0.852. The molecule has 2 aromatic rings. The van der Waals surface area contributed by atoms with Crippen LogP contribution in [0.15, 0.2) is 36.7 Å². The van der Waals surface area contributed by atoms with E-state index in [4.69, 9.17) is 23.2 Å². The summed E-state index contributed by atoms with van der Waals surface area (Å²) in [5.74, 6) is 0.449. The summed E-state index contributed by atoms with van der Waals surface area (Å²) in [5.41, 5.74) is 0.624. The molecule has 0 unspecified atom stereocenters. The van der Waals surface area contributed by atoms with Gasteiger partial charge in [0, 0.05) is 34.1 Å². The number of H-pyrrole nitrogens is 1. The maximum absolute atomic E-state index is 11.6. The van der Waals surface area contributed by atoms with Crippen molar-refractivity contribution in [1.29, 1.82) is 0 Å². The van der Waals surface area contributed by atoms with E-state index in [2.05, 4.69) is 15.3 Å². The Morgan fingerprint density at radius 3 is 2.74 bits per heavy atom. The Morgan fingerprint density at radius 1 is 1.37 bits per heavy atom. The minimum Gasteiger partial charge on any atom is -0.347 e. The molecule has 0 atom stereocenters. The number of halogens is 2. The smallest absolute Gasteiger partial charge is 0.244 e. The number of aromatic nitrogens is 2. The number of carbonyl (C=O) groups excluding carboxylic acids is 1. The van der Waals surface area contributed by atoms with Crippen LogP contribution >= 0.6 is 23.2 Å². The summed E-state index contributed by atoms with van der Waals surface area (Å²) in [6, 6.07) is 5.18. The first-order chi connectivity index (χ1) is 9.16. The van der Waals surface area contributed by atoms with Crippen LogP contribution in [0.4, 0.5) is 0 Å². The zero-order chi connectivity index (χ0) is 13.7. The molecule has 2 N–H and O–H groups in total. The van der Waals surface area contributed by atoms with Crippen LogP contribution in [0, 0.1) is 0 Å². The summed E-state index contributed by atoms with van der Waals surface area (Å²) in [6.07, 6.45) is 6.29. The van der Waals surface area contributed by atoms with Gasteiger partial charge in [-0.25, -0.2) is 4.98 Å². The van der Waals surface area contributed by atoms with Crippen molar-refractivity contribution in [1.82, 2.24) is 15.3 Å². The molecule has 6 heteroatoms. The number of imidazole rings is 1. The normalized spacial score (nSPS) is 10.8. The third kappa shape index (κ3) is 3.84. The van der Waals surface area contributed by atoms with E-state index in [9.17, 15) is 4.79 Å². The summed E-state index contributed by atoms with van der Waals surface area (Å²) < 4.78 is 0. The molecular formula is C13H11Cl2N3O. The van der Waals surface area contributed by atoms with E-state index in [1.165, 1.54) is 6.08 Å². The third-order valence-electron chi connectivity index (χ3n) is 2.39. The van der Waals surface area contributed by atoms with Gasteiger partial charge in [-0.3, -0.25) is 4.79 Å². The lowest BCUT2D eigenvalue weighted by atomic mass is 10.2. The molecule has 0 saturated heterocycles. The van der Waals surface area contributed by atoms with Crippen molar-refractivity contribution in [2.75, 3.05) is 0 Å². The second kappa shape index (κ2) is 6.41. The molecule has 0 aliphatic carbocycles. The number of carbonyl (C=O) groups is 1. The lowest BCUT2D eigenvalue weighted by molar-refractivity contribution is -0.116. The van der Waals surface area contributed by atoms with Gasteiger partial charge in [-0.15, -0.1) is 0 Å². The molecule has 1 amide bonds. The van der Waals surface area contributed by atoms with E-state index in [0.29, 0.717) is 28.0 Å². The van der Waals surface area contributed by atoms with Crippen LogP contribution in [0.5, 0.6) is 0 Å².